The van der Waals surface area contributed by atoms with Crippen molar-refractivity contribution in [3.8, 4) is 0 Å². The summed E-state index contributed by atoms with van der Waals surface area (Å²) in [5.41, 5.74) is 5.49. The highest BCUT2D eigenvalue weighted by Gasteiger charge is 2.05. The van der Waals surface area contributed by atoms with Crippen molar-refractivity contribution < 1.29 is 5.11 Å². The smallest absolute Gasteiger partial charge is 0.0614 e. The Balaban J connectivity index is 4.41. The fourth-order valence-electron chi connectivity index (χ4n) is 2.71. The molecule has 0 aliphatic carbocycles. The summed E-state index contributed by atoms with van der Waals surface area (Å²) in [6.45, 7) is 11.1. The van der Waals surface area contributed by atoms with E-state index in [0.29, 0.717) is 11.8 Å². The molecule has 2 heteroatoms. The molecule has 0 saturated heterocycles. The normalized spacial score (nSPS) is 15.8. The summed E-state index contributed by atoms with van der Waals surface area (Å²) in [6, 6.07) is 0. The Bertz CT molecular complexity index is 455. The van der Waals surface area contributed by atoms with E-state index >= 15 is 0 Å². The second-order valence-corrected chi connectivity index (χ2v) is 7.20. The predicted molar refractivity (Wildman–Crippen MR) is 110 cm³/mol. The van der Waals surface area contributed by atoms with Crippen LogP contribution in [-0.4, -0.2) is 17.6 Å². The lowest BCUT2D eigenvalue weighted by atomic mass is 9.93. The lowest BCUT2D eigenvalue weighted by Gasteiger charge is -2.13. The van der Waals surface area contributed by atoms with E-state index in [-0.39, 0.29) is 6.61 Å². The molecule has 0 aromatic heterocycles. The number of hydrogen-bond acceptors (Lipinski definition) is 1. The highest BCUT2D eigenvalue weighted by molar-refractivity contribution is 6.19. The Kier molecular flexibility index (Phi) is 14.1. The van der Waals surface area contributed by atoms with E-state index in [9.17, 15) is 0 Å². The minimum Gasteiger partial charge on any atom is -0.392 e. The van der Waals surface area contributed by atoms with E-state index in [1.165, 1.54) is 28.7 Å². The molecular weight excluding hydrogens is 316 g/mol. The van der Waals surface area contributed by atoms with Gasteiger partial charge in [0.2, 0.25) is 0 Å². The van der Waals surface area contributed by atoms with Crippen molar-refractivity contribution in [1.82, 2.24) is 0 Å². The van der Waals surface area contributed by atoms with Crippen molar-refractivity contribution in [3.05, 3.63) is 46.6 Å². The number of allylic oxidation sites excluding steroid dienone is 7. The first-order valence-corrected chi connectivity index (χ1v) is 9.77. The summed E-state index contributed by atoms with van der Waals surface area (Å²) in [5.74, 6) is 1.27. The van der Waals surface area contributed by atoms with Crippen LogP contribution < -0.4 is 0 Å². The van der Waals surface area contributed by atoms with Gasteiger partial charge in [-0.1, -0.05) is 53.5 Å². The van der Waals surface area contributed by atoms with Gasteiger partial charge in [-0.2, -0.15) is 0 Å². The number of hydrogen-bond donors (Lipinski definition) is 1. The summed E-state index contributed by atoms with van der Waals surface area (Å²) in [7, 11) is 0. The third-order valence-electron chi connectivity index (χ3n) is 4.34. The Morgan fingerprint density at radius 1 is 0.875 bits per heavy atom. The van der Waals surface area contributed by atoms with Crippen LogP contribution in [0, 0.1) is 5.92 Å². The zero-order valence-corrected chi connectivity index (χ0v) is 17.1. The average molecular weight is 353 g/mol. The number of alkyl halides is 1. The third kappa shape index (κ3) is 12.6. The van der Waals surface area contributed by atoms with Gasteiger partial charge in [0, 0.05) is 5.88 Å². The summed E-state index contributed by atoms with van der Waals surface area (Å²) in [5, 5.41) is 8.88. The lowest BCUT2D eigenvalue weighted by molar-refractivity contribution is 0.341. The van der Waals surface area contributed by atoms with E-state index < -0.39 is 0 Å². The molecule has 0 heterocycles. The first-order chi connectivity index (χ1) is 11.4. The topological polar surface area (TPSA) is 20.2 Å². The Labute approximate surface area is 155 Å². The first-order valence-electron chi connectivity index (χ1n) is 9.23. The van der Waals surface area contributed by atoms with Crippen molar-refractivity contribution >= 4 is 11.6 Å². The van der Waals surface area contributed by atoms with E-state index in [1.54, 1.807) is 0 Å². The molecule has 138 valence electrons. The van der Waals surface area contributed by atoms with Gasteiger partial charge in [0.15, 0.2) is 0 Å². The van der Waals surface area contributed by atoms with E-state index in [2.05, 4.69) is 52.8 Å². The SMILES string of the molecule is CCC(C=C(C)CCC=C(C)CCl)CC(C)=CCCC(C)=CCO. The third-order valence-corrected chi connectivity index (χ3v) is 4.76. The average Bonchev–Trinajstić information content (AvgIpc) is 2.54. The molecule has 1 atom stereocenters. The van der Waals surface area contributed by atoms with Crippen LogP contribution in [0.3, 0.4) is 0 Å². The first kappa shape index (κ1) is 23.2. The van der Waals surface area contributed by atoms with Gasteiger partial charge in [0.1, 0.15) is 0 Å². The van der Waals surface area contributed by atoms with Gasteiger partial charge >= 0.3 is 0 Å². The monoisotopic (exact) mass is 352 g/mol. The second-order valence-electron chi connectivity index (χ2n) is 6.93. The maximum absolute atomic E-state index is 8.88. The maximum atomic E-state index is 8.88. The molecule has 0 radical (unpaired) electrons. The number of halogens is 1. The number of rotatable bonds is 12. The molecule has 1 nitrogen and oxygen atoms in total. The van der Waals surface area contributed by atoms with Crippen molar-refractivity contribution in [2.24, 2.45) is 5.92 Å². The Morgan fingerprint density at radius 3 is 2.00 bits per heavy atom. The maximum Gasteiger partial charge on any atom is 0.0614 e. The molecule has 0 spiro atoms. The van der Waals surface area contributed by atoms with Crippen LogP contribution in [-0.2, 0) is 0 Å². The Morgan fingerprint density at radius 2 is 1.46 bits per heavy atom. The van der Waals surface area contributed by atoms with E-state index in [0.717, 1.165) is 32.1 Å². The molecule has 1 unspecified atom stereocenters. The highest BCUT2D eigenvalue weighted by atomic mass is 35.5. The van der Waals surface area contributed by atoms with Gasteiger partial charge in [-0.25, -0.2) is 0 Å². The van der Waals surface area contributed by atoms with Crippen LogP contribution in [0.15, 0.2) is 46.6 Å². The van der Waals surface area contributed by atoms with E-state index in [4.69, 9.17) is 16.7 Å². The van der Waals surface area contributed by atoms with Crippen LogP contribution in [0.5, 0.6) is 0 Å². The number of aliphatic hydroxyl groups is 1. The molecule has 0 aromatic carbocycles. The molecule has 0 aliphatic heterocycles. The molecule has 0 saturated carbocycles. The van der Waals surface area contributed by atoms with Crippen molar-refractivity contribution in [2.45, 2.75) is 73.1 Å². The Hall–Kier alpha value is -0.790. The van der Waals surface area contributed by atoms with Crippen LogP contribution in [0.1, 0.15) is 73.1 Å². The van der Waals surface area contributed by atoms with Crippen molar-refractivity contribution in [3.63, 3.8) is 0 Å². The van der Waals surface area contributed by atoms with Gasteiger partial charge in [0.05, 0.1) is 6.61 Å². The predicted octanol–water partition coefficient (Wildman–Crippen LogP) is 6.98. The van der Waals surface area contributed by atoms with Crippen LogP contribution >= 0.6 is 11.6 Å². The standard InChI is InChI=1S/C22H37ClO/c1-6-22(16-20(4)11-8-12-21(5)17-23)15-19(3)10-7-9-18(2)13-14-24/h10,12-13,16,22,24H,6-9,11,14-15,17H2,1-5H3. The molecular formula is C22H37ClO. The zero-order valence-electron chi connectivity index (χ0n) is 16.4. The molecule has 0 aliphatic rings. The minimum absolute atomic E-state index is 0.149. The summed E-state index contributed by atoms with van der Waals surface area (Å²) in [4.78, 5) is 0. The molecule has 0 fully saturated rings. The summed E-state index contributed by atoms with van der Waals surface area (Å²) >= 11 is 5.81. The largest absolute Gasteiger partial charge is 0.392 e. The molecule has 0 bridgehead atoms. The fourth-order valence-corrected chi connectivity index (χ4v) is 2.82. The molecule has 0 aromatic rings. The number of aliphatic hydroxyl groups excluding tert-OH is 1. The molecule has 0 amide bonds. The van der Waals surface area contributed by atoms with Gasteiger partial charge < -0.3 is 5.11 Å². The molecule has 0 rings (SSSR count). The van der Waals surface area contributed by atoms with Crippen LogP contribution in [0.25, 0.3) is 0 Å². The van der Waals surface area contributed by atoms with Crippen molar-refractivity contribution in [2.75, 3.05) is 12.5 Å². The van der Waals surface area contributed by atoms with Crippen LogP contribution in [0.2, 0.25) is 0 Å². The van der Waals surface area contributed by atoms with Gasteiger partial charge in [-0.3, -0.25) is 0 Å². The van der Waals surface area contributed by atoms with E-state index in [1.807, 2.05) is 6.08 Å². The second kappa shape index (κ2) is 14.5. The highest BCUT2D eigenvalue weighted by Crippen LogP contribution is 2.21. The van der Waals surface area contributed by atoms with Crippen LogP contribution in [0.4, 0.5) is 0 Å². The minimum atomic E-state index is 0.149. The summed E-state index contributed by atoms with van der Waals surface area (Å²) < 4.78 is 0. The quantitative estimate of drug-likeness (QED) is 0.296. The van der Waals surface area contributed by atoms with Gasteiger partial charge in [0.25, 0.3) is 0 Å². The molecule has 24 heavy (non-hydrogen) atoms. The lowest BCUT2D eigenvalue weighted by Crippen LogP contribution is -1.97. The zero-order chi connectivity index (χ0) is 18.4. The van der Waals surface area contributed by atoms with Crippen molar-refractivity contribution in [1.29, 1.82) is 0 Å². The fraction of sp³-hybridized carbons (Fsp3) is 0.636. The van der Waals surface area contributed by atoms with Gasteiger partial charge in [-0.15, -0.1) is 11.6 Å². The summed E-state index contributed by atoms with van der Waals surface area (Å²) in [6.07, 6.45) is 15.6. The molecule has 1 N–H and O–H groups in total. The van der Waals surface area contributed by atoms with Gasteiger partial charge in [-0.05, 0) is 72.1 Å².